The second-order valence-corrected chi connectivity index (χ2v) is 3.62. The van der Waals surface area contributed by atoms with Crippen LogP contribution in [-0.2, 0) is 0 Å². The van der Waals surface area contributed by atoms with Gasteiger partial charge in [0, 0.05) is 17.8 Å². The van der Waals surface area contributed by atoms with Crippen LogP contribution in [0.25, 0.3) is 5.65 Å². The minimum absolute atomic E-state index is 0.0561. The number of ether oxygens (including phenoxy) is 1. The van der Waals surface area contributed by atoms with Crippen LogP contribution in [0.3, 0.4) is 0 Å². The fourth-order valence-electron chi connectivity index (χ4n) is 1.48. The summed E-state index contributed by atoms with van der Waals surface area (Å²) in [5.74, 6) is -0.252. The van der Waals surface area contributed by atoms with Gasteiger partial charge in [-0.2, -0.15) is 0 Å². The summed E-state index contributed by atoms with van der Waals surface area (Å²) in [5.41, 5.74) is 6.35. The van der Waals surface area contributed by atoms with Crippen LogP contribution in [-0.4, -0.2) is 19.6 Å². The van der Waals surface area contributed by atoms with E-state index in [0.29, 0.717) is 11.3 Å². The van der Waals surface area contributed by atoms with Crippen LogP contribution < -0.4 is 10.5 Å². The number of halogens is 1. The fourth-order valence-corrected chi connectivity index (χ4v) is 1.48. The quantitative estimate of drug-likeness (QED) is 0.694. The second-order valence-electron chi connectivity index (χ2n) is 3.62. The van der Waals surface area contributed by atoms with Crippen LogP contribution in [0, 0.1) is 5.82 Å². The Morgan fingerprint density at radius 2 is 2.11 bits per heavy atom. The molecule has 1 aromatic carbocycles. The zero-order chi connectivity index (χ0) is 12.5. The van der Waals surface area contributed by atoms with E-state index in [1.54, 1.807) is 16.5 Å². The molecule has 0 saturated heterocycles. The number of benzene rings is 1. The predicted molar refractivity (Wildman–Crippen MR) is 61.7 cm³/mol. The Morgan fingerprint density at radius 1 is 1.22 bits per heavy atom. The first-order valence-electron chi connectivity index (χ1n) is 5.10. The maximum Gasteiger partial charge on any atom is 0.224 e. The number of rotatable bonds is 2. The Labute approximate surface area is 101 Å². The van der Waals surface area contributed by atoms with Gasteiger partial charge in [0.25, 0.3) is 0 Å². The first-order chi connectivity index (χ1) is 8.72. The second kappa shape index (κ2) is 3.95. The standard InChI is InChI=1S/C11H8FN5O/c12-8-3-7(13)1-2-9(8)18-11-4-10-16-15-6-17(10)5-14-11/h1-6H,13H2. The monoisotopic (exact) mass is 245 g/mol. The van der Waals surface area contributed by atoms with Crippen molar-refractivity contribution in [3.63, 3.8) is 0 Å². The van der Waals surface area contributed by atoms with Crippen molar-refractivity contribution in [2.75, 3.05) is 5.73 Å². The lowest BCUT2D eigenvalue weighted by atomic mass is 10.3. The number of nitrogens with zero attached hydrogens (tertiary/aromatic N) is 4. The topological polar surface area (TPSA) is 78.3 Å². The molecule has 2 aromatic heterocycles. The molecule has 2 N–H and O–H groups in total. The summed E-state index contributed by atoms with van der Waals surface area (Å²) in [6.45, 7) is 0. The lowest BCUT2D eigenvalue weighted by molar-refractivity contribution is 0.427. The van der Waals surface area contributed by atoms with Gasteiger partial charge in [-0.3, -0.25) is 4.40 Å². The van der Waals surface area contributed by atoms with Gasteiger partial charge in [-0.1, -0.05) is 0 Å². The summed E-state index contributed by atoms with van der Waals surface area (Å²) < 4.78 is 20.5. The fraction of sp³-hybridized carbons (Fsp3) is 0. The van der Waals surface area contributed by atoms with E-state index < -0.39 is 5.82 Å². The van der Waals surface area contributed by atoms with Crippen molar-refractivity contribution >= 4 is 11.3 Å². The smallest absolute Gasteiger partial charge is 0.224 e. The molecule has 0 aliphatic rings. The molecule has 0 atom stereocenters. The Bertz CT molecular complexity index is 711. The van der Waals surface area contributed by atoms with E-state index in [1.807, 2.05) is 0 Å². The highest BCUT2D eigenvalue weighted by atomic mass is 19.1. The molecule has 0 amide bonds. The summed E-state index contributed by atoms with van der Waals surface area (Å²) in [4.78, 5) is 4.00. The van der Waals surface area contributed by atoms with Crippen LogP contribution >= 0.6 is 0 Å². The molecule has 0 radical (unpaired) electrons. The lowest BCUT2D eigenvalue weighted by Gasteiger charge is -2.06. The SMILES string of the molecule is Nc1ccc(Oc2cc3nncn3cn2)c(F)c1. The molecule has 0 bridgehead atoms. The van der Waals surface area contributed by atoms with Crippen LogP contribution in [0.15, 0.2) is 36.9 Å². The molecule has 3 aromatic rings. The number of aromatic nitrogens is 4. The summed E-state index contributed by atoms with van der Waals surface area (Å²) in [7, 11) is 0. The van der Waals surface area contributed by atoms with Crippen molar-refractivity contribution in [1.29, 1.82) is 0 Å². The van der Waals surface area contributed by atoms with E-state index in [-0.39, 0.29) is 11.6 Å². The molecule has 6 nitrogen and oxygen atoms in total. The van der Waals surface area contributed by atoms with E-state index in [1.165, 1.54) is 24.8 Å². The molecule has 3 rings (SSSR count). The number of hydrogen-bond acceptors (Lipinski definition) is 5. The molecule has 90 valence electrons. The van der Waals surface area contributed by atoms with Gasteiger partial charge in [-0.25, -0.2) is 9.37 Å². The molecule has 0 fully saturated rings. The third kappa shape index (κ3) is 1.81. The zero-order valence-electron chi connectivity index (χ0n) is 9.12. The average Bonchev–Trinajstić information content (AvgIpc) is 2.80. The molecule has 18 heavy (non-hydrogen) atoms. The van der Waals surface area contributed by atoms with E-state index in [4.69, 9.17) is 10.5 Å². The highest BCUT2D eigenvalue weighted by Gasteiger charge is 2.07. The van der Waals surface area contributed by atoms with Gasteiger partial charge >= 0.3 is 0 Å². The van der Waals surface area contributed by atoms with E-state index >= 15 is 0 Å². The van der Waals surface area contributed by atoms with Gasteiger partial charge in [0.1, 0.15) is 12.7 Å². The van der Waals surface area contributed by atoms with Crippen LogP contribution in [0.1, 0.15) is 0 Å². The van der Waals surface area contributed by atoms with Gasteiger partial charge < -0.3 is 10.5 Å². The number of hydrogen-bond donors (Lipinski definition) is 1. The molecule has 0 saturated carbocycles. The van der Waals surface area contributed by atoms with Gasteiger partial charge in [0.2, 0.25) is 5.88 Å². The Morgan fingerprint density at radius 3 is 2.94 bits per heavy atom. The number of nitrogens with two attached hydrogens (primary N) is 1. The highest BCUT2D eigenvalue weighted by molar-refractivity contribution is 5.45. The molecule has 7 heteroatoms. The van der Waals surface area contributed by atoms with Crippen LogP contribution in [0.2, 0.25) is 0 Å². The summed E-state index contributed by atoms with van der Waals surface area (Å²) in [5, 5.41) is 7.54. The van der Waals surface area contributed by atoms with Gasteiger partial charge in [0.15, 0.2) is 17.2 Å². The van der Waals surface area contributed by atoms with Crippen LogP contribution in [0.5, 0.6) is 11.6 Å². The Kier molecular flexibility index (Phi) is 2.30. The molecule has 0 aliphatic carbocycles. The number of fused-ring (bicyclic) bond motifs is 1. The van der Waals surface area contributed by atoms with E-state index in [0.717, 1.165) is 0 Å². The van der Waals surface area contributed by atoms with E-state index in [9.17, 15) is 4.39 Å². The maximum absolute atomic E-state index is 13.5. The summed E-state index contributed by atoms with van der Waals surface area (Å²) in [6.07, 6.45) is 3.00. The van der Waals surface area contributed by atoms with Crippen molar-refractivity contribution in [1.82, 2.24) is 19.6 Å². The molecular weight excluding hydrogens is 237 g/mol. The maximum atomic E-state index is 13.5. The number of nitrogen functional groups attached to an aromatic ring is 1. The minimum Gasteiger partial charge on any atom is -0.436 e. The van der Waals surface area contributed by atoms with Crippen LogP contribution in [0.4, 0.5) is 10.1 Å². The largest absolute Gasteiger partial charge is 0.436 e. The first kappa shape index (κ1) is 10.5. The highest BCUT2D eigenvalue weighted by Crippen LogP contribution is 2.24. The van der Waals surface area contributed by atoms with Gasteiger partial charge in [0.05, 0.1) is 0 Å². The van der Waals surface area contributed by atoms with Crippen molar-refractivity contribution in [2.24, 2.45) is 0 Å². The van der Waals surface area contributed by atoms with Crippen molar-refractivity contribution < 1.29 is 9.13 Å². The molecule has 0 unspecified atom stereocenters. The third-order valence-corrected chi connectivity index (χ3v) is 2.33. The summed E-state index contributed by atoms with van der Waals surface area (Å²) >= 11 is 0. The first-order valence-corrected chi connectivity index (χ1v) is 5.10. The van der Waals surface area contributed by atoms with E-state index in [2.05, 4.69) is 15.2 Å². The van der Waals surface area contributed by atoms with Gasteiger partial charge in [-0.15, -0.1) is 10.2 Å². The molecule has 0 aliphatic heterocycles. The lowest BCUT2D eigenvalue weighted by Crippen LogP contribution is -1.94. The molecule has 2 heterocycles. The van der Waals surface area contributed by atoms with Crippen molar-refractivity contribution in [3.05, 3.63) is 42.7 Å². The average molecular weight is 245 g/mol. The van der Waals surface area contributed by atoms with Crippen molar-refractivity contribution in [3.8, 4) is 11.6 Å². The number of anilines is 1. The van der Waals surface area contributed by atoms with Gasteiger partial charge in [-0.05, 0) is 12.1 Å². The Hall–Kier alpha value is -2.70. The predicted octanol–water partition coefficient (Wildman–Crippen LogP) is 1.64. The normalized spacial score (nSPS) is 10.7. The Balaban J connectivity index is 1.95. The minimum atomic E-state index is -0.543. The molecule has 0 spiro atoms. The molecular formula is C11H8FN5O. The zero-order valence-corrected chi connectivity index (χ0v) is 9.12. The van der Waals surface area contributed by atoms with Crippen molar-refractivity contribution in [2.45, 2.75) is 0 Å². The summed E-state index contributed by atoms with van der Waals surface area (Å²) in [6, 6.07) is 5.74. The third-order valence-electron chi connectivity index (χ3n) is 2.33.